The molecule has 2 rings (SSSR count). The lowest BCUT2D eigenvalue weighted by Crippen LogP contribution is -2.03. The van der Waals surface area contributed by atoms with E-state index in [1.807, 2.05) is 0 Å². The highest BCUT2D eigenvalue weighted by Crippen LogP contribution is 2.33. The second-order valence-corrected chi connectivity index (χ2v) is 4.20. The first-order valence-corrected chi connectivity index (χ1v) is 5.64. The van der Waals surface area contributed by atoms with E-state index in [0.29, 0.717) is 16.4 Å². The molecule has 7 heteroatoms. The molecule has 0 atom stereocenters. The number of halogens is 2. The lowest BCUT2D eigenvalue weighted by atomic mass is 10.2. The minimum absolute atomic E-state index is 0.0901. The first kappa shape index (κ1) is 12.7. The number of carboxylic acid groups (broad SMARTS) is 1. The predicted octanol–water partition coefficient (Wildman–Crippen LogP) is 3.45. The monoisotopic (exact) mass is 286 g/mol. The Morgan fingerprint density at radius 3 is 2.67 bits per heavy atom. The van der Waals surface area contributed by atoms with Gasteiger partial charge in [0.25, 0.3) is 5.88 Å². The van der Waals surface area contributed by atoms with Crippen LogP contribution in [0.15, 0.2) is 24.3 Å². The predicted molar refractivity (Wildman–Crippen MR) is 67.3 cm³/mol. The summed E-state index contributed by atoms with van der Waals surface area (Å²) in [7, 11) is 1.64. The van der Waals surface area contributed by atoms with Crippen molar-refractivity contribution in [1.29, 1.82) is 0 Å². The molecular weight excluding hydrogens is 279 g/mol. The highest BCUT2D eigenvalue weighted by atomic mass is 35.5. The van der Waals surface area contributed by atoms with Gasteiger partial charge in [-0.15, -0.1) is 0 Å². The van der Waals surface area contributed by atoms with E-state index in [1.165, 1.54) is 4.57 Å². The number of imidazole rings is 1. The fraction of sp³-hybridized carbons (Fsp3) is 0.0909. The average molecular weight is 287 g/mol. The van der Waals surface area contributed by atoms with E-state index in [-0.39, 0.29) is 11.0 Å². The van der Waals surface area contributed by atoms with Crippen LogP contribution in [0.1, 0.15) is 0 Å². The topological polar surface area (TPSA) is 64.4 Å². The van der Waals surface area contributed by atoms with Crippen molar-refractivity contribution < 1.29 is 14.6 Å². The molecule has 1 aromatic heterocycles. The zero-order valence-corrected chi connectivity index (χ0v) is 10.7. The molecule has 1 N–H and O–H groups in total. The van der Waals surface area contributed by atoms with Gasteiger partial charge in [-0.1, -0.05) is 35.3 Å². The van der Waals surface area contributed by atoms with E-state index in [9.17, 15) is 4.79 Å². The molecule has 0 aliphatic heterocycles. The minimum atomic E-state index is -1.47. The molecule has 1 aromatic carbocycles. The molecule has 0 unspecified atom stereocenters. The van der Waals surface area contributed by atoms with Crippen molar-refractivity contribution in [3.63, 3.8) is 0 Å². The van der Waals surface area contributed by atoms with Crippen molar-refractivity contribution in [3.05, 3.63) is 34.4 Å². The average Bonchev–Trinajstić information content (AvgIpc) is 2.58. The summed E-state index contributed by atoms with van der Waals surface area (Å²) in [6.07, 6.45) is -1.47. The van der Waals surface area contributed by atoms with Gasteiger partial charge in [0.2, 0.25) is 0 Å². The fourth-order valence-corrected chi connectivity index (χ4v) is 1.87. The molecule has 0 amide bonds. The summed E-state index contributed by atoms with van der Waals surface area (Å²) in [4.78, 5) is 14.5. The summed E-state index contributed by atoms with van der Waals surface area (Å²) in [5.41, 5.74) is 0.642. The van der Waals surface area contributed by atoms with Crippen molar-refractivity contribution in [3.8, 4) is 17.3 Å². The summed E-state index contributed by atoms with van der Waals surface area (Å²) >= 11 is 12.0. The van der Waals surface area contributed by atoms with E-state index in [4.69, 9.17) is 28.3 Å². The molecule has 0 saturated carbocycles. The highest BCUT2D eigenvalue weighted by molar-refractivity contribution is 6.33. The standard InChI is InChI=1S/C11H8Cl2N2O3/c1-15-8(13)10(18-11(16)17)14-9(15)6-4-2-3-5-7(6)12/h2-5H,1H3,(H,16,17). The van der Waals surface area contributed by atoms with Crippen LogP contribution in [-0.4, -0.2) is 20.8 Å². The number of aromatic nitrogens is 2. The molecule has 0 saturated heterocycles. The van der Waals surface area contributed by atoms with E-state index >= 15 is 0 Å². The van der Waals surface area contributed by atoms with Gasteiger partial charge in [-0.05, 0) is 12.1 Å². The Hall–Kier alpha value is -1.72. The van der Waals surface area contributed by atoms with Gasteiger partial charge < -0.3 is 14.4 Å². The lowest BCUT2D eigenvalue weighted by molar-refractivity contribution is 0.143. The van der Waals surface area contributed by atoms with Crippen LogP contribution < -0.4 is 4.74 Å². The number of benzene rings is 1. The Morgan fingerprint density at radius 2 is 2.06 bits per heavy atom. The number of carbonyl (C=O) groups is 1. The summed E-state index contributed by atoms with van der Waals surface area (Å²) in [6, 6.07) is 7.04. The smallest absolute Gasteiger partial charge is 0.449 e. The molecular formula is C11H8Cl2N2O3. The normalized spacial score (nSPS) is 10.4. The van der Waals surface area contributed by atoms with Crippen LogP contribution in [0.4, 0.5) is 4.79 Å². The number of nitrogens with zero attached hydrogens (tertiary/aromatic N) is 2. The summed E-state index contributed by atoms with van der Waals surface area (Å²) in [5, 5.41) is 9.14. The van der Waals surface area contributed by atoms with Crippen molar-refractivity contribution in [2.75, 3.05) is 0 Å². The van der Waals surface area contributed by atoms with Gasteiger partial charge in [-0.25, -0.2) is 4.79 Å². The van der Waals surface area contributed by atoms with Gasteiger partial charge in [-0.3, -0.25) is 0 Å². The molecule has 94 valence electrons. The number of ether oxygens (including phenoxy) is 1. The van der Waals surface area contributed by atoms with E-state index in [0.717, 1.165) is 0 Å². The van der Waals surface area contributed by atoms with Crippen molar-refractivity contribution >= 4 is 29.4 Å². The third-order valence-corrected chi connectivity index (χ3v) is 3.04. The SMILES string of the molecule is Cn1c(-c2ccccc2Cl)nc(OC(=O)O)c1Cl. The molecule has 18 heavy (non-hydrogen) atoms. The zero-order valence-electron chi connectivity index (χ0n) is 9.22. The van der Waals surface area contributed by atoms with Crippen molar-refractivity contribution in [1.82, 2.24) is 9.55 Å². The van der Waals surface area contributed by atoms with Gasteiger partial charge in [0.1, 0.15) is 5.82 Å². The third-order valence-electron chi connectivity index (χ3n) is 2.29. The second-order valence-electron chi connectivity index (χ2n) is 3.44. The van der Waals surface area contributed by atoms with Crippen LogP contribution in [-0.2, 0) is 7.05 Å². The van der Waals surface area contributed by atoms with E-state index < -0.39 is 6.16 Å². The molecule has 0 aliphatic carbocycles. The van der Waals surface area contributed by atoms with Crippen LogP contribution in [0.25, 0.3) is 11.4 Å². The Balaban J connectivity index is 2.53. The van der Waals surface area contributed by atoms with Gasteiger partial charge in [0, 0.05) is 12.6 Å². The number of rotatable bonds is 2. The largest absolute Gasteiger partial charge is 0.512 e. The molecule has 1 heterocycles. The Bertz CT molecular complexity index is 610. The minimum Gasteiger partial charge on any atom is -0.449 e. The third kappa shape index (κ3) is 2.27. The van der Waals surface area contributed by atoms with Crippen molar-refractivity contribution in [2.45, 2.75) is 0 Å². The van der Waals surface area contributed by atoms with Crippen LogP contribution in [0.2, 0.25) is 10.2 Å². The number of hydrogen-bond acceptors (Lipinski definition) is 3. The Kier molecular flexibility index (Phi) is 3.45. The maximum atomic E-state index is 10.5. The van der Waals surface area contributed by atoms with Crippen molar-refractivity contribution in [2.24, 2.45) is 7.05 Å². The highest BCUT2D eigenvalue weighted by Gasteiger charge is 2.19. The van der Waals surface area contributed by atoms with Crippen LogP contribution in [0.5, 0.6) is 5.88 Å². The quantitative estimate of drug-likeness (QED) is 0.859. The van der Waals surface area contributed by atoms with Crippen LogP contribution in [0, 0.1) is 0 Å². The second kappa shape index (κ2) is 4.88. The van der Waals surface area contributed by atoms with Crippen LogP contribution >= 0.6 is 23.2 Å². The molecule has 0 radical (unpaired) electrons. The van der Waals surface area contributed by atoms with Gasteiger partial charge in [-0.2, -0.15) is 4.98 Å². The first-order valence-electron chi connectivity index (χ1n) is 4.88. The lowest BCUT2D eigenvalue weighted by Gasteiger charge is -2.03. The molecule has 0 aliphatic rings. The molecule has 0 spiro atoms. The molecule has 0 bridgehead atoms. The van der Waals surface area contributed by atoms with Gasteiger partial charge in [0.05, 0.1) is 5.02 Å². The zero-order chi connectivity index (χ0) is 13.3. The maximum absolute atomic E-state index is 10.5. The Labute approximate surface area is 113 Å². The molecule has 0 fully saturated rings. The number of hydrogen-bond donors (Lipinski definition) is 1. The van der Waals surface area contributed by atoms with Crippen LogP contribution in [0.3, 0.4) is 0 Å². The first-order chi connectivity index (χ1) is 8.50. The summed E-state index contributed by atoms with van der Waals surface area (Å²) in [6.45, 7) is 0. The van der Waals surface area contributed by atoms with Gasteiger partial charge in [0.15, 0.2) is 5.15 Å². The molecule has 5 nitrogen and oxygen atoms in total. The van der Waals surface area contributed by atoms with Gasteiger partial charge >= 0.3 is 6.16 Å². The van der Waals surface area contributed by atoms with E-state index in [2.05, 4.69) is 9.72 Å². The summed E-state index contributed by atoms with van der Waals surface area (Å²) < 4.78 is 5.98. The Morgan fingerprint density at radius 1 is 1.39 bits per heavy atom. The molecule has 2 aromatic rings. The summed E-state index contributed by atoms with van der Waals surface area (Å²) in [5.74, 6) is 0.267. The van der Waals surface area contributed by atoms with E-state index in [1.54, 1.807) is 31.3 Å². The fourth-order valence-electron chi connectivity index (χ4n) is 1.48. The maximum Gasteiger partial charge on any atom is 0.512 e.